The number of hydrogen-bond donors (Lipinski definition) is 3. The van der Waals surface area contributed by atoms with Crippen LogP contribution in [0.2, 0.25) is 10.0 Å². The Labute approximate surface area is 180 Å². The van der Waals surface area contributed by atoms with Crippen LogP contribution in [0.1, 0.15) is 45.1 Å². The first-order valence-corrected chi connectivity index (χ1v) is 11.5. The molecule has 3 atom stereocenters. The molecule has 0 saturated carbocycles. The highest BCUT2D eigenvalue weighted by molar-refractivity contribution is 8.00. The predicted octanol–water partition coefficient (Wildman–Crippen LogP) is 4.11. The van der Waals surface area contributed by atoms with E-state index < -0.39 is 0 Å². The van der Waals surface area contributed by atoms with E-state index in [1.807, 2.05) is 43.8 Å². The van der Waals surface area contributed by atoms with Crippen LogP contribution in [0.25, 0.3) is 0 Å². The number of rotatable bonds is 8. The van der Waals surface area contributed by atoms with Crippen molar-refractivity contribution in [2.45, 2.75) is 62.3 Å². The van der Waals surface area contributed by atoms with E-state index in [9.17, 15) is 9.59 Å². The van der Waals surface area contributed by atoms with Crippen LogP contribution in [0.3, 0.4) is 0 Å². The Balaban J connectivity index is 1.38. The van der Waals surface area contributed by atoms with Gasteiger partial charge >= 0.3 is 6.03 Å². The van der Waals surface area contributed by atoms with Gasteiger partial charge in [-0.05, 0) is 30.5 Å². The second-order valence-corrected chi connectivity index (χ2v) is 10.2. The van der Waals surface area contributed by atoms with Crippen molar-refractivity contribution in [1.29, 1.82) is 0 Å². The highest BCUT2D eigenvalue weighted by Crippen LogP contribution is 2.35. The molecule has 0 spiro atoms. The number of hydrogen-bond acceptors (Lipinski definition) is 3. The zero-order valence-electron chi connectivity index (χ0n) is 16.2. The number of carbonyl (C=O) groups is 2. The van der Waals surface area contributed by atoms with Crippen LogP contribution in [0.4, 0.5) is 4.79 Å². The van der Waals surface area contributed by atoms with Crippen molar-refractivity contribution >= 4 is 46.9 Å². The molecular formula is C20H27Cl2N3O2S. The molecule has 3 N–H and O–H groups in total. The summed E-state index contributed by atoms with van der Waals surface area (Å²) in [5.74, 6) is 1.01. The van der Waals surface area contributed by atoms with Crippen molar-refractivity contribution in [1.82, 2.24) is 16.0 Å². The minimum atomic E-state index is -0.353. The minimum absolute atomic E-state index is 0.0454. The van der Waals surface area contributed by atoms with Crippen molar-refractivity contribution in [2.24, 2.45) is 0 Å². The molecule has 0 radical (unpaired) electrons. The summed E-state index contributed by atoms with van der Waals surface area (Å²) in [5, 5.41) is 10.7. The Bertz CT molecular complexity index is 724. The van der Waals surface area contributed by atoms with Gasteiger partial charge in [0.1, 0.15) is 0 Å². The largest absolute Gasteiger partial charge is 0.355 e. The molecule has 28 heavy (non-hydrogen) atoms. The smallest absolute Gasteiger partial charge is 0.315 e. The van der Waals surface area contributed by atoms with Crippen molar-refractivity contribution in [3.63, 3.8) is 0 Å². The number of benzene rings is 1. The first-order chi connectivity index (χ1) is 13.3. The molecule has 0 aromatic heterocycles. The minimum Gasteiger partial charge on any atom is -0.355 e. The van der Waals surface area contributed by atoms with Gasteiger partial charge in [0.25, 0.3) is 0 Å². The first kappa shape index (κ1) is 21.6. The van der Waals surface area contributed by atoms with Gasteiger partial charge in [0, 0.05) is 39.4 Å². The van der Waals surface area contributed by atoms with E-state index >= 15 is 0 Å². The molecule has 0 unspecified atom stereocenters. The molecule has 154 valence electrons. The second kappa shape index (κ2) is 9.14. The van der Waals surface area contributed by atoms with Crippen molar-refractivity contribution in [3.05, 3.63) is 33.8 Å². The fourth-order valence-corrected chi connectivity index (χ4v) is 6.37. The van der Waals surface area contributed by atoms with E-state index in [1.165, 1.54) is 0 Å². The lowest BCUT2D eigenvalue weighted by molar-refractivity contribution is -0.121. The average Bonchev–Trinajstić information content (AvgIpc) is 3.16. The Morgan fingerprint density at radius 2 is 1.96 bits per heavy atom. The molecule has 0 bridgehead atoms. The molecule has 2 saturated heterocycles. The maximum Gasteiger partial charge on any atom is 0.315 e. The van der Waals surface area contributed by atoms with Gasteiger partial charge in [0.15, 0.2) is 0 Å². The van der Waals surface area contributed by atoms with E-state index in [1.54, 1.807) is 0 Å². The third kappa shape index (κ3) is 5.08. The van der Waals surface area contributed by atoms with Crippen LogP contribution < -0.4 is 16.0 Å². The number of halogens is 2. The predicted molar refractivity (Wildman–Crippen MR) is 116 cm³/mol. The second-order valence-electron chi connectivity index (χ2n) is 8.12. The Hall–Kier alpha value is -1.11. The summed E-state index contributed by atoms with van der Waals surface area (Å²) in [7, 11) is 0. The van der Waals surface area contributed by atoms with Gasteiger partial charge < -0.3 is 16.0 Å². The maximum atomic E-state index is 12.3. The summed E-state index contributed by atoms with van der Waals surface area (Å²) < 4.78 is 0. The molecule has 1 aromatic carbocycles. The van der Waals surface area contributed by atoms with Crippen LogP contribution >= 0.6 is 35.0 Å². The SMILES string of the molecule is CC(C)(CNC(=O)CCCC[C@@H]1SC[C@@H]2NC(=O)N[C@@H]21)c1c(Cl)cccc1Cl. The summed E-state index contributed by atoms with van der Waals surface area (Å²) in [6.45, 7) is 4.53. The van der Waals surface area contributed by atoms with Gasteiger partial charge in [-0.1, -0.05) is 49.5 Å². The van der Waals surface area contributed by atoms with Gasteiger partial charge in [-0.15, -0.1) is 0 Å². The number of amides is 3. The van der Waals surface area contributed by atoms with Gasteiger partial charge in [0.2, 0.25) is 5.91 Å². The number of fused-ring (bicyclic) bond motifs is 1. The molecule has 5 nitrogen and oxygen atoms in total. The fourth-order valence-electron chi connectivity index (χ4n) is 3.91. The lowest BCUT2D eigenvalue weighted by Gasteiger charge is -2.27. The molecule has 3 rings (SSSR count). The van der Waals surface area contributed by atoms with Gasteiger partial charge in [-0.2, -0.15) is 11.8 Å². The summed E-state index contributed by atoms with van der Waals surface area (Å²) >= 11 is 14.5. The normalized spacial score (nSPS) is 23.9. The van der Waals surface area contributed by atoms with Gasteiger partial charge in [0.05, 0.1) is 12.1 Å². The molecule has 3 amide bonds. The molecule has 0 aliphatic carbocycles. The quantitative estimate of drug-likeness (QED) is 0.418. The summed E-state index contributed by atoms with van der Waals surface area (Å²) in [4.78, 5) is 23.7. The van der Waals surface area contributed by atoms with Crippen LogP contribution in [-0.2, 0) is 10.2 Å². The zero-order valence-corrected chi connectivity index (χ0v) is 18.5. The molecule has 1 aromatic rings. The Morgan fingerprint density at radius 3 is 2.68 bits per heavy atom. The molecule has 2 aliphatic heterocycles. The van der Waals surface area contributed by atoms with Crippen molar-refractivity contribution < 1.29 is 9.59 Å². The topological polar surface area (TPSA) is 70.2 Å². The molecule has 2 fully saturated rings. The van der Waals surface area contributed by atoms with E-state index in [0.29, 0.717) is 28.3 Å². The summed E-state index contributed by atoms with van der Waals surface area (Å²) in [5.41, 5.74) is 0.507. The monoisotopic (exact) mass is 443 g/mol. The highest BCUT2D eigenvalue weighted by atomic mass is 35.5. The lowest BCUT2D eigenvalue weighted by atomic mass is 9.84. The third-order valence-electron chi connectivity index (χ3n) is 5.45. The molecule has 8 heteroatoms. The number of nitrogens with one attached hydrogen (secondary N) is 3. The first-order valence-electron chi connectivity index (χ1n) is 9.68. The number of carbonyl (C=O) groups excluding carboxylic acids is 2. The van der Waals surface area contributed by atoms with E-state index in [-0.39, 0.29) is 29.4 Å². The lowest BCUT2D eigenvalue weighted by Crippen LogP contribution is -2.37. The third-order valence-corrected chi connectivity index (χ3v) is 7.59. The van der Waals surface area contributed by atoms with Crippen molar-refractivity contribution in [2.75, 3.05) is 12.3 Å². The van der Waals surface area contributed by atoms with Gasteiger partial charge in [-0.25, -0.2) is 4.79 Å². The van der Waals surface area contributed by atoms with Crippen LogP contribution in [-0.4, -0.2) is 41.6 Å². The fraction of sp³-hybridized carbons (Fsp3) is 0.600. The highest BCUT2D eigenvalue weighted by Gasteiger charge is 2.42. The van der Waals surface area contributed by atoms with Gasteiger partial charge in [-0.3, -0.25) is 4.79 Å². The standard InChI is InChI=1S/C20H27Cl2N3O2S/c1-20(2,17-12(21)6-5-7-13(17)22)11-23-16(26)9-4-3-8-15-18-14(10-28-15)24-19(27)25-18/h5-7,14-15,18H,3-4,8-11H2,1-2H3,(H,23,26)(H2,24,25,27)/t14-,15-,18-/m0/s1. The Kier molecular flexibility index (Phi) is 7.05. The molecule has 2 aliphatic rings. The van der Waals surface area contributed by atoms with Crippen molar-refractivity contribution in [3.8, 4) is 0 Å². The molecular weight excluding hydrogens is 417 g/mol. The van der Waals surface area contributed by atoms with Crippen LogP contribution in [0, 0.1) is 0 Å². The summed E-state index contributed by atoms with van der Waals surface area (Å²) in [6, 6.07) is 5.89. The molecule has 2 heterocycles. The number of urea groups is 1. The number of thioether (sulfide) groups is 1. The average molecular weight is 444 g/mol. The van der Waals surface area contributed by atoms with E-state index in [0.717, 1.165) is 30.6 Å². The van der Waals surface area contributed by atoms with E-state index in [2.05, 4.69) is 16.0 Å². The summed E-state index contributed by atoms with van der Waals surface area (Å²) in [6.07, 6.45) is 3.34. The Morgan fingerprint density at radius 1 is 1.25 bits per heavy atom. The maximum absolute atomic E-state index is 12.3. The van der Waals surface area contributed by atoms with Crippen LogP contribution in [0.15, 0.2) is 18.2 Å². The van der Waals surface area contributed by atoms with Crippen LogP contribution in [0.5, 0.6) is 0 Å². The zero-order chi connectivity index (χ0) is 20.3. The van der Waals surface area contributed by atoms with E-state index in [4.69, 9.17) is 23.2 Å². The number of unbranched alkanes of at least 4 members (excludes halogenated alkanes) is 1.